The van der Waals surface area contributed by atoms with Crippen LogP contribution in [0.2, 0.25) is 0 Å². The highest BCUT2D eigenvalue weighted by atomic mass is 16.5. The Hall–Kier alpha value is -2.04. The fourth-order valence-electron chi connectivity index (χ4n) is 2.12. The van der Waals surface area contributed by atoms with Crippen molar-refractivity contribution >= 4 is 11.9 Å². The van der Waals surface area contributed by atoms with Crippen LogP contribution in [0.5, 0.6) is 0 Å². The molecule has 108 valence electrons. The van der Waals surface area contributed by atoms with E-state index in [4.69, 9.17) is 9.15 Å². The molecule has 0 aliphatic carbocycles. The van der Waals surface area contributed by atoms with Crippen LogP contribution < -0.4 is 0 Å². The van der Waals surface area contributed by atoms with E-state index >= 15 is 0 Å². The predicted octanol–water partition coefficient (Wildman–Crippen LogP) is 2.14. The quantitative estimate of drug-likeness (QED) is 0.590. The number of hydrogen-bond acceptors (Lipinski definition) is 4. The zero-order valence-corrected chi connectivity index (χ0v) is 11.6. The van der Waals surface area contributed by atoms with Crippen molar-refractivity contribution in [3.05, 3.63) is 36.3 Å². The van der Waals surface area contributed by atoms with E-state index in [0.29, 0.717) is 26.1 Å². The number of hydrogen-bond donors (Lipinski definition) is 0. The van der Waals surface area contributed by atoms with Crippen LogP contribution in [-0.4, -0.2) is 29.9 Å². The van der Waals surface area contributed by atoms with E-state index in [1.54, 1.807) is 17.2 Å². The number of likely N-dealkylation sites (tertiary alicyclic amines) is 1. The van der Waals surface area contributed by atoms with Crippen LogP contribution in [-0.2, 0) is 20.9 Å². The molecule has 0 radical (unpaired) electrons. The lowest BCUT2D eigenvalue weighted by molar-refractivity contribution is -0.148. The summed E-state index contributed by atoms with van der Waals surface area (Å²) in [7, 11) is 0. The number of carbonyl (C=O) groups excluding carboxylic acids is 2. The fraction of sp³-hybridized carbons (Fsp3) is 0.467. The maximum atomic E-state index is 11.9. The molecule has 1 aromatic rings. The summed E-state index contributed by atoms with van der Waals surface area (Å²) in [5.74, 6) is 0.00188. The van der Waals surface area contributed by atoms with Gasteiger partial charge in [0.05, 0.1) is 25.3 Å². The second kappa shape index (κ2) is 6.41. The molecule has 0 unspecified atom stereocenters. The van der Waals surface area contributed by atoms with Crippen LogP contribution in [0.25, 0.3) is 0 Å². The van der Waals surface area contributed by atoms with Gasteiger partial charge in [0.15, 0.2) is 0 Å². The molecule has 1 saturated heterocycles. The minimum absolute atomic E-state index is 0.0387. The second-order valence-electron chi connectivity index (χ2n) is 5.13. The molecule has 2 rings (SSSR count). The Morgan fingerprint density at radius 3 is 3.05 bits per heavy atom. The molecule has 20 heavy (non-hydrogen) atoms. The molecule has 0 saturated carbocycles. The van der Waals surface area contributed by atoms with Gasteiger partial charge in [-0.3, -0.25) is 9.59 Å². The standard InChI is InChI=1S/C15H19NO4/c1-11(2)5-7-20-15(18)12-8-14(17)16(9-12)10-13-4-3-6-19-13/h3-4,6,12H,1,5,7-10H2,2H3/t12-/m1/s1. The first-order valence-corrected chi connectivity index (χ1v) is 6.67. The molecule has 1 atom stereocenters. The number of furan rings is 1. The molecule has 5 heteroatoms. The molecule has 1 amide bonds. The van der Waals surface area contributed by atoms with E-state index in [0.717, 1.165) is 11.3 Å². The second-order valence-corrected chi connectivity index (χ2v) is 5.13. The van der Waals surface area contributed by atoms with Crippen molar-refractivity contribution < 1.29 is 18.7 Å². The van der Waals surface area contributed by atoms with Crippen LogP contribution in [0, 0.1) is 5.92 Å². The summed E-state index contributed by atoms with van der Waals surface area (Å²) in [5, 5.41) is 0. The van der Waals surface area contributed by atoms with Gasteiger partial charge in [-0.2, -0.15) is 0 Å². The van der Waals surface area contributed by atoms with Crippen LogP contribution in [0.3, 0.4) is 0 Å². The molecule has 0 spiro atoms. The monoisotopic (exact) mass is 277 g/mol. The number of carbonyl (C=O) groups is 2. The maximum absolute atomic E-state index is 11.9. The molecule has 1 aliphatic rings. The normalized spacial score (nSPS) is 18.4. The van der Waals surface area contributed by atoms with Gasteiger partial charge in [0.25, 0.3) is 0 Å². The van der Waals surface area contributed by atoms with E-state index in [1.807, 2.05) is 13.0 Å². The summed E-state index contributed by atoms with van der Waals surface area (Å²) in [6, 6.07) is 3.59. The van der Waals surface area contributed by atoms with Crippen molar-refractivity contribution in [3.8, 4) is 0 Å². The van der Waals surface area contributed by atoms with E-state index in [-0.39, 0.29) is 24.2 Å². The average Bonchev–Trinajstić information content (AvgIpc) is 3.00. The van der Waals surface area contributed by atoms with Crippen molar-refractivity contribution in [1.82, 2.24) is 4.90 Å². The number of nitrogens with zero attached hydrogens (tertiary/aromatic N) is 1. The predicted molar refractivity (Wildman–Crippen MR) is 72.6 cm³/mol. The van der Waals surface area contributed by atoms with Gasteiger partial charge in [0.1, 0.15) is 5.76 Å². The van der Waals surface area contributed by atoms with Gasteiger partial charge in [-0.25, -0.2) is 0 Å². The first kappa shape index (κ1) is 14.4. The van der Waals surface area contributed by atoms with E-state index < -0.39 is 0 Å². The van der Waals surface area contributed by atoms with Gasteiger partial charge in [-0.15, -0.1) is 6.58 Å². The minimum Gasteiger partial charge on any atom is -0.467 e. The van der Waals surface area contributed by atoms with E-state index in [9.17, 15) is 9.59 Å². The molecule has 0 N–H and O–H groups in total. The topological polar surface area (TPSA) is 59.8 Å². The van der Waals surface area contributed by atoms with Gasteiger partial charge in [0.2, 0.25) is 5.91 Å². The van der Waals surface area contributed by atoms with Crippen molar-refractivity contribution in [3.63, 3.8) is 0 Å². The molecule has 1 aromatic heterocycles. The third-order valence-electron chi connectivity index (χ3n) is 3.25. The summed E-state index contributed by atoms with van der Waals surface area (Å²) < 4.78 is 10.4. The number of amides is 1. The highest BCUT2D eigenvalue weighted by molar-refractivity contribution is 5.86. The minimum atomic E-state index is -0.373. The van der Waals surface area contributed by atoms with Gasteiger partial charge >= 0.3 is 5.97 Å². The largest absolute Gasteiger partial charge is 0.467 e. The van der Waals surface area contributed by atoms with Crippen molar-refractivity contribution in [2.45, 2.75) is 26.3 Å². The first-order valence-electron chi connectivity index (χ1n) is 6.67. The van der Waals surface area contributed by atoms with Gasteiger partial charge in [-0.1, -0.05) is 5.57 Å². The molecular formula is C15H19NO4. The smallest absolute Gasteiger partial charge is 0.311 e. The summed E-state index contributed by atoms with van der Waals surface area (Å²) in [6.07, 6.45) is 2.44. The lowest BCUT2D eigenvalue weighted by Gasteiger charge is -2.14. The SMILES string of the molecule is C=C(C)CCOC(=O)[C@@H]1CC(=O)N(Cc2ccco2)C1. The van der Waals surface area contributed by atoms with Crippen LogP contribution in [0.15, 0.2) is 35.0 Å². The highest BCUT2D eigenvalue weighted by Crippen LogP contribution is 2.21. The van der Waals surface area contributed by atoms with E-state index in [1.165, 1.54) is 0 Å². The number of esters is 1. The average molecular weight is 277 g/mol. The Bertz CT molecular complexity index is 492. The zero-order valence-electron chi connectivity index (χ0n) is 11.6. The Balaban J connectivity index is 1.82. The van der Waals surface area contributed by atoms with Crippen LogP contribution in [0.1, 0.15) is 25.5 Å². The lowest BCUT2D eigenvalue weighted by atomic mass is 10.1. The Labute approximate surface area is 118 Å². The van der Waals surface area contributed by atoms with Crippen molar-refractivity contribution in [2.75, 3.05) is 13.2 Å². The number of rotatable bonds is 6. The van der Waals surface area contributed by atoms with Gasteiger partial charge in [0, 0.05) is 19.4 Å². The zero-order chi connectivity index (χ0) is 14.5. The molecule has 2 heterocycles. The van der Waals surface area contributed by atoms with Crippen molar-refractivity contribution in [1.29, 1.82) is 0 Å². The molecule has 5 nitrogen and oxygen atoms in total. The summed E-state index contributed by atoms with van der Waals surface area (Å²) in [4.78, 5) is 25.4. The summed E-state index contributed by atoms with van der Waals surface area (Å²) >= 11 is 0. The summed E-state index contributed by atoms with van der Waals surface area (Å²) in [5.41, 5.74) is 0.972. The van der Waals surface area contributed by atoms with Crippen LogP contribution >= 0.6 is 0 Å². The maximum Gasteiger partial charge on any atom is 0.311 e. The van der Waals surface area contributed by atoms with Gasteiger partial charge < -0.3 is 14.1 Å². The lowest BCUT2D eigenvalue weighted by Crippen LogP contribution is -2.26. The molecular weight excluding hydrogens is 258 g/mol. The molecule has 1 aliphatic heterocycles. The molecule has 0 bridgehead atoms. The number of ether oxygens (including phenoxy) is 1. The van der Waals surface area contributed by atoms with Crippen LogP contribution in [0.4, 0.5) is 0 Å². The highest BCUT2D eigenvalue weighted by Gasteiger charge is 2.35. The Morgan fingerprint density at radius 2 is 2.40 bits per heavy atom. The van der Waals surface area contributed by atoms with E-state index in [2.05, 4.69) is 6.58 Å². The third-order valence-corrected chi connectivity index (χ3v) is 3.25. The van der Waals surface area contributed by atoms with Gasteiger partial charge in [-0.05, 0) is 19.1 Å². The Kier molecular flexibility index (Phi) is 4.61. The first-order chi connectivity index (χ1) is 9.56. The summed E-state index contributed by atoms with van der Waals surface area (Å²) in [6.45, 7) is 6.77. The fourth-order valence-corrected chi connectivity index (χ4v) is 2.12. The Morgan fingerprint density at radius 1 is 1.60 bits per heavy atom. The third kappa shape index (κ3) is 3.73. The van der Waals surface area contributed by atoms with Crippen molar-refractivity contribution in [2.24, 2.45) is 5.92 Å². The molecule has 1 fully saturated rings. The molecule has 0 aromatic carbocycles.